The van der Waals surface area contributed by atoms with Crippen LogP contribution in [0.2, 0.25) is 0 Å². The van der Waals surface area contributed by atoms with Gasteiger partial charge in [0.2, 0.25) is 11.8 Å². The number of hydrogen-bond donors (Lipinski definition) is 0. The van der Waals surface area contributed by atoms with Gasteiger partial charge in [0, 0.05) is 32.4 Å². The van der Waals surface area contributed by atoms with Crippen LogP contribution in [0, 0.1) is 0 Å². The van der Waals surface area contributed by atoms with Crippen LogP contribution in [0.15, 0.2) is 0 Å². The van der Waals surface area contributed by atoms with Crippen molar-refractivity contribution in [1.82, 2.24) is 9.80 Å². The molecule has 2 saturated heterocycles. The fraction of sp³-hybridized carbons (Fsp3) is 0.789. The maximum atomic E-state index is 11.8. The van der Waals surface area contributed by atoms with E-state index < -0.39 is 11.9 Å². The number of likely N-dealkylation sites (tertiary alicyclic amines) is 2. The minimum absolute atomic E-state index is 0.00133. The predicted molar refractivity (Wildman–Crippen MR) is 96.6 cm³/mol. The molecule has 2 amide bonds. The first kappa shape index (κ1) is 21.2. The van der Waals surface area contributed by atoms with Crippen LogP contribution in [-0.4, -0.2) is 72.9 Å². The average Bonchev–Trinajstić information content (AvgIpc) is 2.96. The molecular weight excluding hydrogens is 352 g/mol. The van der Waals surface area contributed by atoms with Crippen molar-refractivity contribution in [3.63, 3.8) is 0 Å². The molecule has 0 aliphatic carbocycles. The molecule has 0 atom stereocenters. The molecule has 8 nitrogen and oxygen atoms in total. The molecular formula is C19H30N2O6. The van der Waals surface area contributed by atoms with Crippen LogP contribution in [0.5, 0.6) is 0 Å². The van der Waals surface area contributed by atoms with E-state index in [1.807, 2.05) is 0 Å². The van der Waals surface area contributed by atoms with Gasteiger partial charge in [-0.15, -0.1) is 0 Å². The van der Waals surface area contributed by atoms with Crippen LogP contribution in [0.1, 0.15) is 57.8 Å². The zero-order valence-electron chi connectivity index (χ0n) is 16.0. The van der Waals surface area contributed by atoms with E-state index in [2.05, 4.69) is 0 Å². The molecule has 0 spiro atoms. The lowest BCUT2D eigenvalue weighted by Gasteiger charge is -2.19. The van der Waals surface area contributed by atoms with Crippen LogP contribution in [0.25, 0.3) is 0 Å². The lowest BCUT2D eigenvalue weighted by atomic mass is 10.2. The van der Waals surface area contributed by atoms with Gasteiger partial charge in [0.05, 0.1) is 13.2 Å². The summed E-state index contributed by atoms with van der Waals surface area (Å²) < 4.78 is 10.2. The topological polar surface area (TPSA) is 93.2 Å². The van der Waals surface area contributed by atoms with E-state index in [0.717, 1.165) is 38.5 Å². The van der Waals surface area contributed by atoms with Gasteiger partial charge >= 0.3 is 11.9 Å². The average molecular weight is 382 g/mol. The maximum absolute atomic E-state index is 11.8. The molecule has 0 aromatic heterocycles. The van der Waals surface area contributed by atoms with Gasteiger partial charge in [-0.2, -0.15) is 0 Å². The maximum Gasteiger partial charge on any atom is 0.325 e. The number of amides is 2. The second kappa shape index (κ2) is 11.6. The highest BCUT2D eigenvalue weighted by Crippen LogP contribution is 2.12. The number of carbonyl (C=O) groups excluding carboxylic acids is 4. The van der Waals surface area contributed by atoms with Crippen molar-refractivity contribution in [2.75, 3.05) is 39.4 Å². The first-order valence-corrected chi connectivity index (χ1v) is 9.93. The summed E-state index contributed by atoms with van der Waals surface area (Å²) in [6.45, 7) is 1.43. The Balaban J connectivity index is 1.55. The highest BCUT2D eigenvalue weighted by molar-refractivity contribution is 5.82. The highest BCUT2D eigenvalue weighted by atomic mass is 16.5. The van der Waals surface area contributed by atoms with Crippen molar-refractivity contribution in [2.45, 2.75) is 57.8 Å². The first-order valence-electron chi connectivity index (χ1n) is 9.93. The van der Waals surface area contributed by atoms with Crippen molar-refractivity contribution in [2.24, 2.45) is 0 Å². The van der Waals surface area contributed by atoms with E-state index in [4.69, 9.17) is 9.47 Å². The van der Waals surface area contributed by atoms with E-state index in [9.17, 15) is 19.2 Å². The molecule has 0 saturated carbocycles. The number of nitrogens with zero attached hydrogens (tertiary/aromatic N) is 2. The quantitative estimate of drug-likeness (QED) is 0.464. The summed E-state index contributed by atoms with van der Waals surface area (Å²) >= 11 is 0. The van der Waals surface area contributed by atoms with Gasteiger partial charge in [0.15, 0.2) is 0 Å². The Bertz CT molecular complexity index is 490. The number of esters is 2. The van der Waals surface area contributed by atoms with Crippen molar-refractivity contribution in [3.05, 3.63) is 0 Å². The lowest BCUT2D eigenvalue weighted by molar-refractivity contribution is -0.151. The Morgan fingerprint density at radius 3 is 1.59 bits per heavy atom. The third-order valence-electron chi connectivity index (χ3n) is 4.80. The van der Waals surface area contributed by atoms with Gasteiger partial charge in [-0.25, -0.2) is 0 Å². The van der Waals surface area contributed by atoms with Crippen LogP contribution in [-0.2, 0) is 28.7 Å². The fourth-order valence-corrected chi connectivity index (χ4v) is 3.25. The molecule has 2 aliphatic heterocycles. The summed E-state index contributed by atoms with van der Waals surface area (Å²) in [4.78, 5) is 50.4. The molecule has 27 heavy (non-hydrogen) atoms. The van der Waals surface area contributed by atoms with Crippen molar-refractivity contribution in [1.29, 1.82) is 0 Å². The molecule has 0 unspecified atom stereocenters. The molecule has 0 aromatic carbocycles. The number of hydrogen-bond acceptors (Lipinski definition) is 6. The van der Waals surface area contributed by atoms with Crippen molar-refractivity contribution >= 4 is 23.8 Å². The molecule has 152 valence electrons. The monoisotopic (exact) mass is 382 g/mol. The van der Waals surface area contributed by atoms with Crippen LogP contribution >= 0.6 is 0 Å². The first-order chi connectivity index (χ1) is 13.1. The van der Waals surface area contributed by atoms with Gasteiger partial charge in [0.1, 0.15) is 13.1 Å². The van der Waals surface area contributed by atoms with E-state index in [-0.39, 0.29) is 38.1 Å². The molecule has 2 aliphatic rings. The molecule has 0 bridgehead atoms. The van der Waals surface area contributed by atoms with Crippen LogP contribution in [0.4, 0.5) is 0 Å². The second-order valence-corrected chi connectivity index (χ2v) is 7.05. The van der Waals surface area contributed by atoms with Gasteiger partial charge in [-0.1, -0.05) is 12.8 Å². The molecule has 2 fully saturated rings. The van der Waals surface area contributed by atoms with E-state index in [0.29, 0.717) is 32.4 Å². The molecule has 0 radical (unpaired) electrons. The summed E-state index contributed by atoms with van der Waals surface area (Å²) in [5, 5.41) is 0. The Morgan fingerprint density at radius 2 is 1.15 bits per heavy atom. The van der Waals surface area contributed by atoms with Gasteiger partial charge in [-0.05, 0) is 25.7 Å². The van der Waals surface area contributed by atoms with Gasteiger partial charge in [-0.3, -0.25) is 19.2 Å². The summed E-state index contributed by atoms with van der Waals surface area (Å²) in [6, 6.07) is 0. The Labute approximate surface area is 160 Å². The molecule has 0 N–H and O–H groups in total. The second-order valence-electron chi connectivity index (χ2n) is 7.05. The molecule has 2 rings (SSSR count). The van der Waals surface area contributed by atoms with E-state index in [1.54, 1.807) is 9.80 Å². The lowest BCUT2D eigenvalue weighted by Crippen LogP contribution is -2.36. The summed E-state index contributed by atoms with van der Waals surface area (Å²) in [5.74, 6) is -0.874. The number of carbonyl (C=O) groups is 4. The standard InChI is InChI=1S/C19H30N2O6/c22-16-8-3-1-5-10-20(16)14-18(24)26-12-7-13-27-19(25)15-21-11-6-2-4-9-17(21)23/h1-15H2. The molecule has 2 heterocycles. The van der Waals surface area contributed by atoms with Crippen LogP contribution in [0.3, 0.4) is 0 Å². The summed E-state index contributed by atoms with van der Waals surface area (Å²) in [5.41, 5.74) is 0. The van der Waals surface area contributed by atoms with Gasteiger partial charge in [0.25, 0.3) is 0 Å². The zero-order chi connectivity index (χ0) is 19.5. The fourth-order valence-electron chi connectivity index (χ4n) is 3.25. The Kier molecular flexibility index (Phi) is 9.07. The Hall–Kier alpha value is -2.12. The summed E-state index contributed by atoms with van der Waals surface area (Å²) in [6.07, 6.45) is 6.95. The van der Waals surface area contributed by atoms with Gasteiger partial charge < -0.3 is 19.3 Å². The van der Waals surface area contributed by atoms with Crippen molar-refractivity contribution in [3.8, 4) is 0 Å². The predicted octanol–water partition coefficient (Wildman–Crippen LogP) is 1.27. The zero-order valence-corrected chi connectivity index (χ0v) is 16.0. The van der Waals surface area contributed by atoms with Crippen molar-refractivity contribution < 1.29 is 28.7 Å². The SMILES string of the molecule is O=C(CN1CCCCCC1=O)OCCCOC(=O)CN1CCCCCC1=O. The highest BCUT2D eigenvalue weighted by Gasteiger charge is 2.21. The van der Waals surface area contributed by atoms with Crippen LogP contribution < -0.4 is 0 Å². The number of ether oxygens (including phenoxy) is 2. The van der Waals surface area contributed by atoms with E-state index >= 15 is 0 Å². The third kappa shape index (κ3) is 7.97. The smallest absolute Gasteiger partial charge is 0.325 e. The largest absolute Gasteiger partial charge is 0.464 e. The normalized spacial score (nSPS) is 18.7. The minimum atomic E-state index is -0.438. The minimum Gasteiger partial charge on any atom is -0.464 e. The molecule has 0 aromatic rings. The Morgan fingerprint density at radius 1 is 0.704 bits per heavy atom. The number of rotatable bonds is 8. The summed E-state index contributed by atoms with van der Waals surface area (Å²) in [7, 11) is 0. The molecule has 8 heteroatoms. The third-order valence-corrected chi connectivity index (χ3v) is 4.80. The van der Waals surface area contributed by atoms with E-state index in [1.165, 1.54) is 0 Å².